The number of carbonyl (C=O) groups is 1. The smallest absolute Gasteiger partial charge is 0.238 e. The van der Waals surface area contributed by atoms with Gasteiger partial charge in [-0.1, -0.05) is 5.16 Å². The van der Waals surface area contributed by atoms with Crippen LogP contribution in [0, 0.1) is 20.8 Å². The molecule has 0 radical (unpaired) electrons. The zero-order chi connectivity index (χ0) is 21.1. The lowest BCUT2D eigenvalue weighted by Gasteiger charge is -2.08. The van der Waals surface area contributed by atoms with Gasteiger partial charge < -0.3 is 14.6 Å². The molecular formula is C21H20N6O3. The van der Waals surface area contributed by atoms with Crippen LogP contribution in [0.3, 0.4) is 0 Å². The number of nitrogens with one attached hydrogen (secondary N) is 1. The molecule has 4 rings (SSSR count). The van der Waals surface area contributed by atoms with Gasteiger partial charge in [0.25, 0.3) is 0 Å². The van der Waals surface area contributed by atoms with E-state index in [-0.39, 0.29) is 12.3 Å². The molecule has 0 bridgehead atoms. The van der Waals surface area contributed by atoms with Gasteiger partial charge in [-0.3, -0.25) is 4.79 Å². The summed E-state index contributed by atoms with van der Waals surface area (Å²) in [4.78, 5) is 12.3. The fraction of sp³-hybridized carbons (Fsp3) is 0.190. The number of carbonyl (C=O) groups excluding carboxylic acids is 1. The minimum Gasteiger partial charge on any atom is -0.438 e. The van der Waals surface area contributed by atoms with Crippen LogP contribution in [-0.2, 0) is 11.2 Å². The zero-order valence-corrected chi connectivity index (χ0v) is 16.8. The maximum absolute atomic E-state index is 12.3. The van der Waals surface area contributed by atoms with Crippen molar-refractivity contribution in [3.8, 4) is 17.4 Å². The molecule has 0 saturated heterocycles. The Balaban J connectivity index is 1.36. The predicted molar refractivity (Wildman–Crippen MR) is 109 cm³/mol. The number of aromatic nitrogens is 5. The summed E-state index contributed by atoms with van der Waals surface area (Å²) in [6.45, 7) is 5.52. The van der Waals surface area contributed by atoms with Crippen molar-refractivity contribution in [1.29, 1.82) is 0 Å². The van der Waals surface area contributed by atoms with Crippen LogP contribution in [0.4, 0.5) is 5.69 Å². The molecule has 0 saturated carbocycles. The molecule has 9 heteroatoms. The van der Waals surface area contributed by atoms with Gasteiger partial charge in [-0.05, 0) is 57.2 Å². The zero-order valence-electron chi connectivity index (χ0n) is 16.8. The van der Waals surface area contributed by atoms with Crippen molar-refractivity contribution in [2.75, 3.05) is 5.32 Å². The van der Waals surface area contributed by atoms with E-state index >= 15 is 0 Å². The molecule has 4 aromatic rings. The molecule has 152 valence electrons. The van der Waals surface area contributed by atoms with E-state index in [0.717, 1.165) is 17.0 Å². The highest BCUT2D eigenvalue weighted by atomic mass is 16.5. The van der Waals surface area contributed by atoms with Gasteiger partial charge in [-0.25, -0.2) is 4.68 Å². The van der Waals surface area contributed by atoms with Gasteiger partial charge in [0.05, 0.1) is 17.8 Å². The van der Waals surface area contributed by atoms with Crippen LogP contribution in [0.25, 0.3) is 5.82 Å². The maximum Gasteiger partial charge on any atom is 0.238 e. The molecule has 0 atom stereocenters. The molecule has 3 aromatic heterocycles. The predicted octanol–water partition coefficient (Wildman–Crippen LogP) is 3.55. The van der Waals surface area contributed by atoms with E-state index in [0.29, 0.717) is 28.9 Å². The Morgan fingerprint density at radius 3 is 2.47 bits per heavy atom. The summed E-state index contributed by atoms with van der Waals surface area (Å²) < 4.78 is 12.4. The third-order valence-electron chi connectivity index (χ3n) is 4.46. The molecule has 1 aromatic carbocycles. The van der Waals surface area contributed by atoms with Crippen molar-refractivity contribution < 1.29 is 14.1 Å². The fourth-order valence-electron chi connectivity index (χ4n) is 2.88. The van der Waals surface area contributed by atoms with Crippen LogP contribution in [0.5, 0.6) is 11.6 Å². The Labute approximate surface area is 172 Å². The monoisotopic (exact) mass is 404 g/mol. The molecule has 30 heavy (non-hydrogen) atoms. The maximum atomic E-state index is 12.3. The Kier molecular flexibility index (Phi) is 5.25. The Morgan fingerprint density at radius 2 is 1.87 bits per heavy atom. The van der Waals surface area contributed by atoms with E-state index in [1.54, 1.807) is 48.0 Å². The minimum absolute atomic E-state index is 0.145. The number of amides is 1. The third kappa shape index (κ3) is 4.35. The lowest BCUT2D eigenvalue weighted by atomic mass is 10.1. The minimum atomic E-state index is -0.145. The highest BCUT2D eigenvalue weighted by Crippen LogP contribution is 2.22. The fourth-order valence-corrected chi connectivity index (χ4v) is 2.88. The Bertz CT molecular complexity index is 1140. The lowest BCUT2D eigenvalue weighted by molar-refractivity contribution is -0.115. The normalized spacial score (nSPS) is 10.8. The first-order valence-corrected chi connectivity index (χ1v) is 9.34. The van der Waals surface area contributed by atoms with E-state index in [1.165, 1.54) is 0 Å². The first-order chi connectivity index (χ1) is 14.5. The molecular weight excluding hydrogens is 384 g/mol. The van der Waals surface area contributed by atoms with Crippen molar-refractivity contribution in [1.82, 2.24) is 25.1 Å². The number of nitrogens with zero attached hydrogens (tertiary/aromatic N) is 5. The van der Waals surface area contributed by atoms with Crippen molar-refractivity contribution in [3.05, 3.63) is 71.4 Å². The van der Waals surface area contributed by atoms with Gasteiger partial charge in [0, 0.05) is 23.5 Å². The molecule has 0 aliphatic heterocycles. The number of hydrogen-bond donors (Lipinski definition) is 1. The van der Waals surface area contributed by atoms with E-state index < -0.39 is 0 Å². The average Bonchev–Trinajstić information content (AvgIpc) is 3.30. The summed E-state index contributed by atoms with van der Waals surface area (Å²) in [7, 11) is 0. The summed E-state index contributed by atoms with van der Waals surface area (Å²) >= 11 is 0. The molecule has 9 nitrogen and oxygen atoms in total. The highest BCUT2D eigenvalue weighted by molar-refractivity contribution is 5.92. The van der Waals surface area contributed by atoms with E-state index in [9.17, 15) is 4.79 Å². The standard InChI is InChI=1S/C21H20N6O3/c1-13-10-11-27(25-13)19-8-9-21(24-23-19)29-17-6-4-16(5-7-17)22-20(28)12-18-14(2)26-30-15(18)3/h4-11H,12H2,1-3H3,(H,22,28). The second-order valence-electron chi connectivity index (χ2n) is 6.79. The van der Waals surface area contributed by atoms with Crippen molar-refractivity contribution in [3.63, 3.8) is 0 Å². The molecule has 0 unspecified atom stereocenters. The Hall–Kier alpha value is -4.01. The summed E-state index contributed by atoms with van der Waals surface area (Å²) in [5, 5.41) is 19.2. The molecule has 1 amide bonds. The molecule has 3 heterocycles. The summed E-state index contributed by atoms with van der Waals surface area (Å²) in [6.07, 6.45) is 2.02. The van der Waals surface area contributed by atoms with Gasteiger partial charge in [0.1, 0.15) is 11.5 Å². The number of benzene rings is 1. The van der Waals surface area contributed by atoms with Gasteiger partial charge >= 0.3 is 0 Å². The van der Waals surface area contributed by atoms with Gasteiger partial charge in [0.15, 0.2) is 5.82 Å². The molecule has 1 N–H and O–H groups in total. The number of rotatable bonds is 6. The quantitative estimate of drug-likeness (QED) is 0.523. The largest absolute Gasteiger partial charge is 0.438 e. The molecule has 0 fully saturated rings. The van der Waals surface area contributed by atoms with Crippen LogP contribution in [0.15, 0.2) is 53.2 Å². The van der Waals surface area contributed by atoms with Crippen molar-refractivity contribution in [2.45, 2.75) is 27.2 Å². The van der Waals surface area contributed by atoms with E-state index in [1.807, 2.05) is 26.1 Å². The summed E-state index contributed by atoms with van der Waals surface area (Å²) in [5.74, 6) is 2.05. The van der Waals surface area contributed by atoms with Crippen molar-refractivity contribution in [2.24, 2.45) is 0 Å². The van der Waals surface area contributed by atoms with Crippen LogP contribution in [0.1, 0.15) is 22.7 Å². The second kappa shape index (κ2) is 8.16. The van der Waals surface area contributed by atoms with Crippen LogP contribution >= 0.6 is 0 Å². The van der Waals surface area contributed by atoms with Crippen LogP contribution in [-0.4, -0.2) is 31.0 Å². The molecule has 0 aliphatic rings. The summed E-state index contributed by atoms with van der Waals surface area (Å²) in [5.41, 5.74) is 3.09. The van der Waals surface area contributed by atoms with Crippen molar-refractivity contribution >= 4 is 11.6 Å². The first-order valence-electron chi connectivity index (χ1n) is 9.34. The molecule has 0 spiro atoms. The summed E-state index contributed by atoms with van der Waals surface area (Å²) in [6, 6.07) is 12.4. The topological polar surface area (TPSA) is 108 Å². The number of anilines is 1. The van der Waals surface area contributed by atoms with Crippen LogP contribution in [0.2, 0.25) is 0 Å². The number of aryl methyl sites for hydroxylation is 3. The Morgan fingerprint density at radius 1 is 1.07 bits per heavy atom. The first kappa shape index (κ1) is 19.3. The lowest BCUT2D eigenvalue weighted by Crippen LogP contribution is -2.15. The van der Waals surface area contributed by atoms with Gasteiger partial charge in [-0.15, -0.1) is 10.2 Å². The SMILES string of the molecule is Cc1ccn(-c2ccc(Oc3ccc(NC(=O)Cc4c(C)noc4C)cc3)nn2)n1. The average molecular weight is 404 g/mol. The molecule has 0 aliphatic carbocycles. The number of hydrogen-bond acceptors (Lipinski definition) is 7. The van der Waals surface area contributed by atoms with Crippen LogP contribution < -0.4 is 10.1 Å². The second-order valence-corrected chi connectivity index (χ2v) is 6.79. The van der Waals surface area contributed by atoms with Gasteiger partial charge in [0.2, 0.25) is 11.8 Å². The highest BCUT2D eigenvalue weighted by Gasteiger charge is 2.13. The van der Waals surface area contributed by atoms with E-state index in [4.69, 9.17) is 9.26 Å². The van der Waals surface area contributed by atoms with Gasteiger partial charge in [-0.2, -0.15) is 5.10 Å². The van der Waals surface area contributed by atoms with E-state index in [2.05, 4.69) is 25.8 Å². The number of ether oxygens (including phenoxy) is 1. The third-order valence-corrected chi connectivity index (χ3v) is 4.46.